The molecule has 2 aromatic heterocycles. The number of ether oxygens (including phenoxy) is 1. The number of carbonyl (C=O) groups is 1. The Morgan fingerprint density at radius 1 is 1.26 bits per heavy atom. The lowest BCUT2D eigenvalue weighted by atomic mass is 10.2. The third kappa shape index (κ3) is 4.41. The largest absolute Gasteiger partial charge is 0.497 e. The Morgan fingerprint density at radius 2 is 2.07 bits per heavy atom. The molecule has 0 unspecified atom stereocenters. The topological polar surface area (TPSA) is 99.2 Å². The summed E-state index contributed by atoms with van der Waals surface area (Å²) in [6, 6.07) is 9.95. The van der Waals surface area contributed by atoms with Crippen molar-refractivity contribution in [2.24, 2.45) is 0 Å². The fourth-order valence-corrected chi connectivity index (χ4v) is 2.42. The van der Waals surface area contributed by atoms with Crippen LogP contribution in [0.5, 0.6) is 5.75 Å². The van der Waals surface area contributed by atoms with E-state index in [0.717, 1.165) is 0 Å². The van der Waals surface area contributed by atoms with Gasteiger partial charge in [-0.3, -0.25) is 9.59 Å². The Labute approximate surface area is 155 Å². The number of carbonyl (C=O) groups excluding carboxylic acids is 1. The molecule has 1 aromatic carbocycles. The monoisotopic (exact) mass is 368 g/mol. The van der Waals surface area contributed by atoms with E-state index in [1.807, 2.05) is 13.8 Å². The molecule has 3 rings (SSSR count). The summed E-state index contributed by atoms with van der Waals surface area (Å²) in [5, 5.41) is 10.7. The molecule has 1 amide bonds. The number of hydrogen-bond donors (Lipinski definition) is 1. The van der Waals surface area contributed by atoms with Crippen LogP contribution in [0.1, 0.15) is 25.7 Å². The smallest absolute Gasteiger partial charge is 0.251 e. The molecular formula is C19H20N4O4. The standard InChI is InChI=1S/C19H20N4O4/c1-12(2)18-21-22-19(27-18)13-7-8-17(25)23(10-13)11-16(24)20-14-5-4-6-15(9-14)26-3/h4-10,12H,11H2,1-3H3,(H,20,24). The number of rotatable bonds is 6. The van der Waals surface area contributed by atoms with Gasteiger partial charge in [0.05, 0.1) is 12.7 Å². The summed E-state index contributed by atoms with van der Waals surface area (Å²) in [4.78, 5) is 24.4. The number of aromatic nitrogens is 3. The van der Waals surface area contributed by atoms with E-state index in [1.54, 1.807) is 37.4 Å². The van der Waals surface area contributed by atoms with E-state index in [0.29, 0.717) is 28.8 Å². The SMILES string of the molecule is COc1cccc(NC(=O)Cn2cc(-c3nnc(C(C)C)o3)ccc2=O)c1. The highest BCUT2D eigenvalue weighted by molar-refractivity contribution is 5.90. The average molecular weight is 368 g/mol. The Hall–Kier alpha value is -3.42. The summed E-state index contributed by atoms with van der Waals surface area (Å²) in [6.07, 6.45) is 1.53. The van der Waals surface area contributed by atoms with Crippen LogP contribution in [0.4, 0.5) is 5.69 Å². The van der Waals surface area contributed by atoms with Crippen molar-refractivity contribution in [1.82, 2.24) is 14.8 Å². The molecule has 2 heterocycles. The maximum atomic E-state index is 12.3. The first-order valence-corrected chi connectivity index (χ1v) is 8.44. The van der Waals surface area contributed by atoms with Crippen molar-refractivity contribution < 1.29 is 13.9 Å². The summed E-state index contributed by atoms with van der Waals surface area (Å²) in [5.74, 6) is 1.21. The maximum absolute atomic E-state index is 12.3. The minimum Gasteiger partial charge on any atom is -0.497 e. The van der Waals surface area contributed by atoms with Crippen molar-refractivity contribution in [1.29, 1.82) is 0 Å². The Kier molecular flexibility index (Phi) is 5.35. The number of hydrogen-bond acceptors (Lipinski definition) is 6. The van der Waals surface area contributed by atoms with Gasteiger partial charge < -0.3 is 19.0 Å². The molecular weight excluding hydrogens is 348 g/mol. The molecule has 1 N–H and O–H groups in total. The second-order valence-corrected chi connectivity index (χ2v) is 6.26. The third-order valence-corrected chi connectivity index (χ3v) is 3.83. The van der Waals surface area contributed by atoms with Gasteiger partial charge in [0.25, 0.3) is 5.56 Å². The zero-order chi connectivity index (χ0) is 19.4. The number of anilines is 1. The van der Waals surface area contributed by atoms with E-state index in [9.17, 15) is 9.59 Å². The molecule has 0 bridgehead atoms. The molecule has 27 heavy (non-hydrogen) atoms. The van der Waals surface area contributed by atoms with Crippen LogP contribution in [-0.4, -0.2) is 27.8 Å². The summed E-state index contributed by atoms with van der Waals surface area (Å²) >= 11 is 0. The first kappa shape index (κ1) is 18.4. The average Bonchev–Trinajstić information content (AvgIpc) is 3.14. The van der Waals surface area contributed by atoms with Gasteiger partial charge in [0.2, 0.25) is 17.7 Å². The Bertz CT molecular complexity index is 1010. The zero-order valence-electron chi connectivity index (χ0n) is 15.3. The van der Waals surface area contributed by atoms with Crippen LogP contribution in [0.25, 0.3) is 11.5 Å². The van der Waals surface area contributed by atoms with Crippen molar-refractivity contribution in [2.75, 3.05) is 12.4 Å². The van der Waals surface area contributed by atoms with E-state index in [-0.39, 0.29) is 23.9 Å². The van der Waals surface area contributed by atoms with Gasteiger partial charge >= 0.3 is 0 Å². The van der Waals surface area contributed by atoms with Gasteiger partial charge in [0, 0.05) is 29.9 Å². The minimum atomic E-state index is -0.337. The Morgan fingerprint density at radius 3 is 2.78 bits per heavy atom. The van der Waals surface area contributed by atoms with Gasteiger partial charge in [-0.15, -0.1) is 10.2 Å². The molecule has 0 aliphatic carbocycles. The molecule has 0 aliphatic rings. The highest BCUT2D eigenvalue weighted by Crippen LogP contribution is 2.20. The molecule has 0 aliphatic heterocycles. The van der Waals surface area contributed by atoms with Crippen molar-refractivity contribution in [3.8, 4) is 17.2 Å². The highest BCUT2D eigenvalue weighted by atomic mass is 16.5. The third-order valence-electron chi connectivity index (χ3n) is 3.83. The second-order valence-electron chi connectivity index (χ2n) is 6.26. The molecule has 140 valence electrons. The fourth-order valence-electron chi connectivity index (χ4n) is 2.42. The van der Waals surface area contributed by atoms with Gasteiger partial charge in [-0.1, -0.05) is 19.9 Å². The second kappa shape index (κ2) is 7.86. The molecule has 0 fully saturated rings. The van der Waals surface area contributed by atoms with Crippen LogP contribution in [-0.2, 0) is 11.3 Å². The van der Waals surface area contributed by atoms with Crippen molar-refractivity contribution >= 4 is 11.6 Å². The summed E-state index contributed by atoms with van der Waals surface area (Å²) in [7, 11) is 1.55. The van der Waals surface area contributed by atoms with Gasteiger partial charge in [0.15, 0.2) is 0 Å². The summed E-state index contributed by atoms with van der Waals surface area (Å²) in [6.45, 7) is 3.75. The van der Waals surface area contributed by atoms with E-state index >= 15 is 0 Å². The van der Waals surface area contributed by atoms with E-state index < -0.39 is 0 Å². The van der Waals surface area contributed by atoms with Gasteiger partial charge in [-0.05, 0) is 18.2 Å². The predicted octanol–water partition coefficient (Wildman–Crippen LogP) is 2.67. The van der Waals surface area contributed by atoms with Crippen LogP contribution in [0.3, 0.4) is 0 Å². The molecule has 8 nitrogen and oxygen atoms in total. The van der Waals surface area contributed by atoms with Gasteiger partial charge in [-0.2, -0.15) is 0 Å². The first-order valence-electron chi connectivity index (χ1n) is 8.44. The van der Waals surface area contributed by atoms with E-state index in [4.69, 9.17) is 9.15 Å². The number of methoxy groups -OCH3 is 1. The lowest BCUT2D eigenvalue weighted by molar-refractivity contribution is -0.116. The number of nitrogens with zero attached hydrogens (tertiary/aromatic N) is 3. The van der Waals surface area contributed by atoms with Crippen LogP contribution in [0, 0.1) is 0 Å². The minimum absolute atomic E-state index is 0.103. The molecule has 0 saturated carbocycles. The van der Waals surface area contributed by atoms with Crippen molar-refractivity contribution in [3.63, 3.8) is 0 Å². The quantitative estimate of drug-likeness (QED) is 0.718. The predicted molar refractivity (Wildman–Crippen MR) is 99.7 cm³/mol. The van der Waals surface area contributed by atoms with Gasteiger partial charge in [0.1, 0.15) is 12.3 Å². The number of pyridine rings is 1. The van der Waals surface area contributed by atoms with Crippen LogP contribution < -0.4 is 15.6 Å². The molecule has 0 spiro atoms. The molecule has 0 radical (unpaired) electrons. The lowest BCUT2D eigenvalue weighted by Crippen LogP contribution is -2.26. The molecule has 0 saturated heterocycles. The van der Waals surface area contributed by atoms with Gasteiger partial charge in [-0.25, -0.2) is 0 Å². The Balaban J connectivity index is 1.77. The van der Waals surface area contributed by atoms with E-state index in [1.165, 1.54) is 16.8 Å². The number of benzene rings is 1. The maximum Gasteiger partial charge on any atom is 0.251 e. The normalized spacial score (nSPS) is 10.8. The van der Waals surface area contributed by atoms with Crippen LogP contribution in [0.15, 0.2) is 51.8 Å². The number of nitrogens with one attached hydrogen (secondary N) is 1. The van der Waals surface area contributed by atoms with E-state index in [2.05, 4.69) is 15.5 Å². The molecule has 3 aromatic rings. The summed E-state index contributed by atoms with van der Waals surface area (Å²) in [5.41, 5.74) is 0.855. The molecule has 8 heteroatoms. The van der Waals surface area contributed by atoms with Crippen molar-refractivity contribution in [3.05, 3.63) is 58.8 Å². The first-order chi connectivity index (χ1) is 13.0. The van der Waals surface area contributed by atoms with Crippen LogP contribution >= 0.6 is 0 Å². The van der Waals surface area contributed by atoms with Crippen LogP contribution in [0.2, 0.25) is 0 Å². The summed E-state index contributed by atoms with van der Waals surface area (Å²) < 4.78 is 12.0. The zero-order valence-corrected chi connectivity index (χ0v) is 15.3. The fraction of sp³-hybridized carbons (Fsp3) is 0.263. The lowest BCUT2D eigenvalue weighted by Gasteiger charge is -2.09. The van der Waals surface area contributed by atoms with Crippen molar-refractivity contribution in [2.45, 2.75) is 26.3 Å². The number of amides is 1. The highest BCUT2D eigenvalue weighted by Gasteiger charge is 2.13. The molecule has 0 atom stereocenters.